The van der Waals surface area contributed by atoms with Crippen molar-refractivity contribution in [3.05, 3.63) is 24.3 Å². The second-order valence-corrected chi connectivity index (χ2v) is 7.61. The number of hydrogen-bond donors (Lipinski definition) is 1. The number of rotatable bonds is 1. The first-order valence-corrected chi connectivity index (χ1v) is 8.21. The quantitative estimate of drug-likeness (QED) is 0.844. The lowest BCUT2D eigenvalue weighted by molar-refractivity contribution is 0.0487. The molecule has 2 aliphatic heterocycles. The van der Waals surface area contributed by atoms with Crippen LogP contribution >= 0.6 is 0 Å². The first-order chi connectivity index (χ1) is 9.39. The first kappa shape index (κ1) is 13.2. The van der Waals surface area contributed by atoms with Gasteiger partial charge in [0.05, 0.1) is 18.1 Å². The largest absolute Gasteiger partial charge is 0.508 e. The molecule has 1 aromatic rings. The smallest absolute Gasteiger partial charge is 0.415 e. The number of phenolic OH excluding ortho intramolecular Hbond substituents is 1. The van der Waals surface area contributed by atoms with Gasteiger partial charge in [0.2, 0.25) is 0 Å². The number of benzene rings is 1. The maximum atomic E-state index is 12.0. The highest BCUT2D eigenvalue weighted by Crippen LogP contribution is 2.36. The van der Waals surface area contributed by atoms with Crippen molar-refractivity contribution in [2.45, 2.75) is 18.4 Å². The van der Waals surface area contributed by atoms with Gasteiger partial charge in [0.15, 0.2) is 9.84 Å². The predicted octanol–water partition coefficient (Wildman–Crippen LogP) is 1.30. The fourth-order valence-corrected chi connectivity index (χ4v) is 4.19. The number of carbonyl (C=O) groups excluding carboxylic acids is 1. The number of phenols is 1. The van der Waals surface area contributed by atoms with Crippen LogP contribution in [0.5, 0.6) is 5.75 Å². The Morgan fingerprint density at radius 1 is 1.15 bits per heavy atom. The van der Waals surface area contributed by atoms with Crippen LogP contribution in [0.4, 0.5) is 10.5 Å². The highest BCUT2D eigenvalue weighted by molar-refractivity contribution is 7.91. The summed E-state index contributed by atoms with van der Waals surface area (Å²) in [4.78, 5) is 13.5. The summed E-state index contributed by atoms with van der Waals surface area (Å²) >= 11 is 0. The Kier molecular flexibility index (Phi) is 2.89. The molecule has 0 radical (unpaired) electrons. The fraction of sp³-hybridized carbons (Fsp3) is 0.462. The van der Waals surface area contributed by atoms with Crippen molar-refractivity contribution >= 4 is 21.6 Å². The van der Waals surface area contributed by atoms with Gasteiger partial charge in [0.25, 0.3) is 0 Å². The van der Waals surface area contributed by atoms with Gasteiger partial charge in [-0.05, 0) is 24.3 Å². The molecule has 2 fully saturated rings. The number of anilines is 1. The second kappa shape index (κ2) is 4.37. The molecule has 2 saturated heterocycles. The van der Waals surface area contributed by atoms with Gasteiger partial charge in [0, 0.05) is 18.5 Å². The van der Waals surface area contributed by atoms with Crippen LogP contribution in [0.25, 0.3) is 0 Å². The Balaban J connectivity index is 1.80. The molecule has 0 unspecified atom stereocenters. The minimum Gasteiger partial charge on any atom is -0.508 e. The third kappa shape index (κ3) is 2.33. The van der Waals surface area contributed by atoms with Crippen LogP contribution in [0.2, 0.25) is 0 Å². The molecule has 6 nitrogen and oxygen atoms in total. The maximum absolute atomic E-state index is 12.0. The Morgan fingerprint density at radius 3 is 2.35 bits per heavy atom. The Hall–Kier alpha value is -1.76. The summed E-state index contributed by atoms with van der Waals surface area (Å²) < 4.78 is 28.4. The molecule has 0 aliphatic carbocycles. The average molecular weight is 297 g/mol. The lowest BCUT2D eigenvalue weighted by atomic mass is 9.97. The number of nitrogens with zero attached hydrogens (tertiary/aromatic N) is 1. The molecular weight excluding hydrogens is 282 g/mol. The van der Waals surface area contributed by atoms with E-state index in [4.69, 9.17) is 4.74 Å². The molecule has 108 valence electrons. The van der Waals surface area contributed by atoms with E-state index in [1.807, 2.05) is 0 Å². The van der Waals surface area contributed by atoms with Gasteiger partial charge >= 0.3 is 6.09 Å². The predicted molar refractivity (Wildman–Crippen MR) is 72.6 cm³/mol. The van der Waals surface area contributed by atoms with E-state index in [0.29, 0.717) is 25.1 Å². The lowest BCUT2D eigenvalue weighted by Crippen LogP contribution is -2.42. The maximum Gasteiger partial charge on any atom is 0.415 e. The molecule has 2 heterocycles. The van der Waals surface area contributed by atoms with Gasteiger partial charge in [-0.25, -0.2) is 13.2 Å². The number of sulfone groups is 1. The molecule has 0 aromatic heterocycles. The molecule has 0 saturated carbocycles. The first-order valence-electron chi connectivity index (χ1n) is 6.39. The average Bonchev–Trinajstić information content (AvgIpc) is 2.72. The molecule has 1 amide bonds. The van der Waals surface area contributed by atoms with Crippen LogP contribution in [0.3, 0.4) is 0 Å². The third-order valence-electron chi connectivity index (χ3n) is 3.87. The van der Waals surface area contributed by atoms with Gasteiger partial charge in [-0.1, -0.05) is 0 Å². The summed E-state index contributed by atoms with van der Waals surface area (Å²) in [7, 11) is -2.99. The molecule has 20 heavy (non-hydrogen) atoms. The third-order valence-corrected chi connectivity index (χ3v) is 5.52. The van der Waals surface area contributed by atoms with E-state index >= 15 is 0 Å². The van der Waals surface area contributed by atoms with Gasteiger partial charge in [0.1, 0.15) is 11.4 Å². The van der Waals surface area contributed by atoms with E-state index < -0.39 is 21.5 Å². The highest BCUT2D eigenvalue weighted by atomic mass is 32.2. The van der Waals surface area contributed by atoms with E-state index in [1.54, 1.807) is 12.1 Å². The van der Waals surface area contributed by atoms with Crippen molar-refractivity contribution in [2.24, 2.45) is 0 Å². The summed E-state index contributed by atoms with van der Waals surface area (Å²) in [6.45, 7) is 0.353. The zero-order valence-corrected chi connectivity index (χ0v) is 11.6. The summed E-state index contributed by atoms with van der Waals surface area (Å²) in [6, 6.07) is 6.27. The van der Waals surface area contributed by atoms with Crippen LogP contribution in [-0.2, 0) is 14.6 Å². The molecule has 2 aliphatic rings. The van der Waals surface area contributed by atoms with Gasteiger partial charge in [-0.15, -0.1) is 0 Å². The molecule has 1 spiro atoms. The minimum atomic E-state index is -2.99. The van der Waals surface area contributed by atoms with Crippen LogP contribution in [0.15, 0.2) is 24.3 Å². The minimum absolute atomic E-state index is 0.0592. The van der Waals surface area contributed by atoms with Crippen molar-refractivity contribution in [1.29, 1.82) is 0 Å². The monoisotopic (exact) mass is 297 g/mol. The van der Waals surface area contributed by atoms with Crippen molar-refractivity contribution < 1.29 is 23.1 Å². The number of aromatic hydroxyl groups is 1. The second-order valence-electron chi connectivity index (χ2n) is 5.31. The number of amides is 1. The summed E-state index contributed by atoms with van der Waals surface area (Å²) in [6.07, 6.45) is 0.223. The van der Waals surface area contributed by atoms with Gasteiger partial charge in [-0.3, -0.25) is 4.90 Å². The summed E-state index contributed by atoms with van der Waals surface area (Å²) in [5.41, 5.74) is -0.0570. The van der Waals surface area contributed by atoms with E-state index in [0.717, 1.165) is 0 Å². The fourth-order valence-electron chi connectivity index (χ4n) is 2.62. The van der Waals surface area contributed by atoms with E-state index in [1.165, 1.54) is 17.0 Å². The molecule has 7 heteroatoms. The Morgan fingerprint density at radius 2 is 1.75 bits per heavy atom. The molecule has 0 atom stereocenters. The lowest BCUT2D eigenvalue weighted by Gasteiger charge is -2.30. The summed E-state index contributed by atoms with van der Waals surface area (Å²) in [5, 5.41) is 9.26. The molecule has 3 rings (SSSR count). The summed E-state index contributed by atoms with van der Waals surface area (Å²) in [5.74, 6) is 0.243. The molecular formula is C13H15NO5S. The molecule has 1 aromatic carbocycles. The Labute approximate surface area is 116 Å². The topological polar surface area (TPSA) is 83.9 Å². The van der Waals surface area contributed by atoms with E-state index in [-0.39, 0.29) is 17.3 Å². The van der Waals surface area contributed by atoms with Crippen LogP contribution in [0, 0.1) is 0 Å². The number of carbonyl (C=O) groups is 1. The Bertz CT molecular complexity index is 623. The molecule has 0 bridgehead atoms. The van der Waals surface area contributed by atoms with E-state index in [9.17, 15) is 18.3 Å². The van der Waals surface area contributed by atoms with Crippen molar-refractivity contribution in [2.75, 3.05) is 23.0 Å². The van der Waals surface area contributed by atoms with Crippen molar-refractivity contribution in [3.8, 4) is 5.75 Å². The van der Waals surface area contributed by atoms with Crippen molar-refractivity contribution in [1.82, 2.24) is 0 Å². The van der Waals surface area contributed by atoms with Crippen molar-refractivity contribution in [3.63, 3.8) is 0 Å². The van der Waals surface area contributed by atoms with Crippen LogP contribution < -0.4 is 4.90 Å². The number of hydrogen-bond acceptors (Lipinski definition) is 5. The highest BCUT2D eigenvalue weighted by Gasteiger charge is 2.48. The molecule has 1 N–H and O–H groups in total. The zero-order valence-electron chi connectivity index (χ0n) is 10.8. The van der Waals surface area contributed by atoms with Crippen LogP contribution in [-0.4, -0.2) is 43.3 Å². The van der Waals surface area contributed by atoms with Gasteiger partial charge in [-0.2, -0.15) is 0 Å². The van der Waals surface area contributed by atoms with Crippen LogP contribution in [0.1, 0.15) is 12.8 Å². The van der Waals surface area contributed by atoms with E-state index in [2.05, 4.69) is 0 Å². The normalized spacial score (nSPS) is 23.8. The van der Waals surface area contributed by atoms with Gasteiger partial charge < -0.3 is 9.84 Å². The standard InChI is InChI=1S/C13H15NO5S/c15-11-3-1-10(2-4-11)14-9-13(19-12(14)16)5-7-20(17,18)8-6-13/h1-4,15H,5-9H2. The zero-order chi connectivity index (χ0) is 14.4. The number of ether oxygens (including phenoxy) is 1. The SMILES string of the molecule is O=C1OC2(CCS(=O)(=O)CC2)CN1c1ccc(O)cc1.